The number of imidazole rings is 1. The molecule has 0 unspecified atom stereocenters. The van der Waals surface area contributed by atoms with Gasteiger partial charge in [0.25, 0.3) is 5.91 Å². The minimum absolute atomic E-state index is 0.0773. The van der Waals surface area contributed by atoms with Crippen molar-refractivity contribution in [1.29, 1.82) is 0 Å². The Kier molecular flexibility index (Phi) is 3.96. The van der Waals surface area contributed by atoms with Gasteiger partial charge in [-0.15, -0.1) is 0 Å². The van der Waals surface area contributed by atoms with E-state index in [0.29, 0.717) is 29.7 Å². The van der Waals surface area contributed by atoms with E-state index in [1.54, 1.807) is 6.07 Å². The molecule has 1 aromatic carbocycles. The zero-order chi connectivity index (χ0) is 20.2. The maximum atomic E-state index is 15.0. The number of para-hydroxylation sites is 1. The molecule has 2 N–H and O–H groups in total. The number of alkyl halides is 2. The Morgan fingerprint density at radius 2 is 2.03 bits per heavy atom. The first-order chi connectivity index (χ1) is 13.9. The smallest absolute Gasteiger partial charge is 0.352 e. The third kappa shape index (κ3) is 2.66. The Hall–Kier alpha value is -2.87. The van der Waals surface area contributed by atoms with E-state index in [-0.39, 0.29) is 19.4 Å². The minimum Gasteiger partial charge on any atom is -0.383 e. The van der Waals surface area contributed by atoms with Crippen molar-refractivity contribution in [3.8, 4) is 0 Å². The fourth-order valence-electron chi connectivity index (χ4n) is 4.23. The van der Waals surface area contributed by atoms with Crippen molar-refractivity contribution >= 4 is 16.8 Å². The first kappa shape index (κ1) is 18.2. The summed E-state index contributed by atoms with van der Waals surface area (Å²) in [6.07, 6.45) is 2.22. The number of halogens is 2. The van der Waals surface area contributed by atoms with Gasteiger partial charge in [0.1, 0.15) is 11.6 Å². The lowest BCUT2D eigenvalue weighted by Gasteiger charge is -2.45. The molecule has 1 saturated carbocycles. The van der Waals surface area contributed by atoms with Crippen LogP contribution in [-0.2, 0) is 11.2 Å². The standard InChI is InChI=1S/C21H20F2N4O2/c22-21(23,20(29)9-3-10-20)19(28)27-11-8-15-17(25-12-24-15)18(27)16-7-6-13-4-1-2-5-14(13)26-16/h1-2,4-7,12,18,29H,3,8-11H2,(H,24,25)/t18-/m1/s1. The van der Waals surface area contributed by atoms with Crippen LogP contribution in [0.1, 0.15) is 42.4 Å². The van der Waals surface area contributed by atoms with Crippen molar-refractivity contribution in [2.45, 2.75) is 43.2 Å². The van der Waals surface area contributed by atoms with Gasteiger partial charge in [-0.25, -0.2) is 4.98 Å². The zero-order valence-electron chi connectivity index (χ0n) is 15.6. The maximum Gasteiger partial charge on any atom is 0.352 e. The molecule has 3 heterocycles. The third-order valence-corrected chi connectivity index (χ3v) is 6.12. The van der Waals surface area contributed by atoms with Crippen LogP contribution >= 0.6 is 0 Å². The van der Waals surface area contributed by atoms with Gasteiger partial charge in [0.15, 0.2) is 0 Å². The Morgan fingerprint density at radius 3 is 2.79 bits per heavy atom. The van der Waals surface area contributed by atoms with E-state index < -0.39 is 23.5 Å². The summed E-state index contributed by atoms with van der Waals surface area (Å²) in [6, 6.07) is 10.3. The quantitative estimate of drug-likeness (QED) is 0.711. The van der Waals surface area contributed by atoms with E-state index in [0.717, 1.165) is 16.0 Å². The SMILES string of the molecule is O=C(N1CCc2[nH]cnc2[C@H]1c1ccc2ccccc2n1)C(F)(F)C1(O)CCC1. The van der Waals surface area contributed by atoms with E-state index in [1.165, 1.54) is 6.33 Å². The van der Waals surface area contributed by atoms with E-state index in [1.807, 2.05) is 30.3 Å². The van der Waals surface area contributed by atoms with Gasteiger partial charge in [-0.2, -0.15) is 8.78 Å². The molecule has 1 aliphatic heterocycles. The second-order valence-corrected chi connectivity index (χ2v) is 7.81. The monoisotopic (exact) mass is 398 g/mol. The predicted octanol–water partition coefficient (Wildman–Crippen LogP) is 2.98. The molecule has 1 atom stereocenters. The van der Waals surface area contributed by atoms with Crippen LogP contribution in [0.2, 0.25) is 0 Å². The molecule has 3 aromatic rings. The number of fused-ring (bicyclic) bond motifs is 2. The van der Waals surface area contributed by atoms with Gasteiger partial charge in [0.2, 0.25) is 0 Å². The molecule has 0 saturated heterocycles. The molecule has 0 bridgehead atoms. The van der Waals surface area contributed by atoms with Crippen LogP contribution < -0.4 is 0 Å². The van der Waals surface area contributed by atoms with Crippen molar-refractivity contribution < 1.29 is 18.7 Å². The number of aliphatic hydroxyl groups is 1. The highest BCUT2D eigenvalue weighted by atomic mass is 19.3. The fourth-order valence-corrected chi connectivity index (χ4v) is 4.23. The molecule has 1 aliphatic carbocycles. The Labute approximate surface area is 165 Å². The van der Waals surface area contributed by atoms with Crippen LogP contribution in [0.3, 0.4) is 0 Å². The van der Waals surface area contributed by atoms with Gasteiger partial charge in [-0.1, -0.05) is 24.3 Å². The lowest BCUT2D eigenvalue weighted by Crippen LogP contribution is -2.62. The molecule has 150 valence electrons. The van der Waals surface area contributed by atoms with Gasteiger partial charge >= 0.3 is 5.92 Å². The molecular weight excluding hydrogens is 378 g/mol. The number of aromatic nitrogens is 3. The number of amides is 1. The van der Waals surface area contributed by atoms with Crippen LogP contribution in [0.4, 0.5) is 8.78 Å². The Bertz CT molecular complexity index is 1090. The highest BCUT2D eigenvalue weighted by Crippen LogP contribution is 2.46. The van der Waals surface area contributed by atoms with Crippen molar-refractivity contribution in [3.63, 3.8) is 0 Å². The molecule has 8 heteroatoms. The Morgan fingerprint density at radius 1 is 1.24 bits per heavy atom. The molecule has 29 heavy (non-hydrogen) atoms. The number of nitrogens with zero attached hydrogens (tertiary/aromatic N) is 3. The van der Waals surface area contributed by atoms with Gasteiger partial charge in [-0.3, -0.25) is 9.78 Å². The summed E-state index contributed by atoms with van der Waals surface area (Å²) in [5.41, 5.74) is 0.242. The number of rotatable bonds is 3. The van der Waals surface area contributed by atoms with Crippen molar-refractivity contribution in [3.05, 3.63) is 59.8 Å². The van der Waals surface area contributed by atoms with Gasteiger partial charge in [0.05, 0.1) is 23.2 Å². The number of aromatic amines is 1. The molecule has 1 amide bonds. The van der Waals surface area contributed by atoms with Gasteiger partial charge in [0, 0.05) is 24.0 Å². The molecule has 2 aliphatic rings. The highest BCUT2D eigenvalue weighted by Gasteiger charge is 2.63. The number of H-pyrrole nitrogens is 1. The topological polar surface area (TPSA) is 82.1 Å². The predicted molar refractivity (Wildman–Crippen MR) is 101 cm³/mol. The van der Waals surface area contributed by atoms with E-state index in [9.17, 15) is 18.7 Å². The number of carbonyl (C=O) groups is 1. The lowest BCUT2D eigenvalue weighted by molar-refractivity contribution is -0.224. The van der Waals surface area contributed by atoms with Crippen LogP contribution in [0.15, 0.2) is 42.7 Å². The van der Waals surface area contributed by atoms with E-state index >= 15 is 0 Å². The number of nitrogens with one attached hydrogen (secondary N) is 1. The van der Waals surface area contributed by atoms with Crippen LogP contribution in [0, 0.1) is 0 Å². The number of pyridine rings is 1. The zero-order valence-corrected chi connectivity index (χ0v) is 15.6. The van der Waals surface area contributed by atoms with Crippen molar-refractivity contribution in [1.82, 2.24) is 19.9 Å². The fraction of sp³-hybridized carbons (Fsp3) is 0.381. The normalized spacial score (nSPS) is 20.9. The van der Waals surface area contributed by atoms with Crippen molar-refractivity contribution in [2.24, 2.45) is 0 Å². The summed E-state index contributed by atoms with van der Waals surface area (Å²) < 4.78 is 30.0. The lowest BCUT2D eigenvalue weighted by atomic mass is 9.74. The van der Waals surface area contributed by atoms with E-state index in [2.05, 4.69) is 15.0 Å². The second-order valence-electron chi connectivity index (χ2n) is 7.81. The molecule has 0 radical (unpaired) electrons. The molecule has 2 aromatic heterocycles. The Balaban J connectivity index is 1.60. The summed E-state index contributed by atoms with van der Waals surface area (Å²) in [5, 5.41) is 11.2. The van der Waals surface area contributed by atoms with Crippen LogP contribution in [0.25, 0.3) is 10.9 Å². The average Bonchev–Trinajstić information content (AvgIpc) is 3.19. The summed E-state index contributed by atoms with van der Waals surface area (Å²) in [5.74, 6) is -5.22. The van der Waals surface area contributed by atoms with E-state index in [4.69, 9.17) is 0 Å². The molecule has 6 nitrogen and oxygen atoms in total. The second kappa shape index (κ2) is 6.32. The van der Waals surface area contributed by atoms with Gasteiger partial charge < -0.3 is 15.0 Å². The molecule has 1 fully saturated rings. The number of hydrogen-bond donors (Lipinski definition) is 2. The summed E-state index contributed by atoms with van der Waals surface area (Å²) >= 11 is 0. The largest absolute Gasteiger partial charge is 0.383 e. The van der Waals surface area contributed by atoms with Crippen LogP contribution in [-0.4, -0.2) is 48.9 Å². The average molecular weight is 398 g/mol. The molecule has 0 spiro atoms. The van der Waals surface area contributed by atoms with Crippen molar-refractivity contribution in [2.75, 3.05) is 6.54 Å². The minimum atomic E-state index is -3.85. The number of carbonyl (C=O) groups excluding carboxylic acids is 1. The first-order valence-corrected chi connectivity index (χ1v) is 9.70. The highest BCUT2D eigenvalue weighted by molar-refractivity contribution is 5.86. The first-order valence-electron chi connectivity index (χ1n) is 9.70. The number of benzene rings is 1. The maximum absolute atomic E-state index is 15.0. The molecular formula is C21H20F2N4O2. The summed E-state index contributed by atoms with van der Waals surface area (Å²) in [6.45, 7) is 0.0961. The number of hydrogen-bond acceptors (Lipinski definition) is 4. The summed E-state index contributed by atoms with van der Waals surface area (Å²) in [4.78, 5) is 26.1. The third-order valence-electron chi connectivity index (χ3n) is 6.12. The summed E-state index contributed by atoms with van der Waals surface area (Å²) in [7, 11) is 0. The molecule has 5 rings (SSSR count). The van der Waals surface area contributed by atoms with Gasteiger partial charge in [-0.05, 0) is 31.4 Å². The van der Waals surface area contributed by atoms with Crippen LogP contribution in [0.5, 0.6) is 0 Å².